The highest BCUT2D eigenvalue weighted by atomic mass is 79.9. The number of halogens is 3. The zero-order valence-electron chi connectivity index (χ0n) is 10.8. The van der Waals surface area contributed by atoms with Crippen LogP contribution in [0.1, 0.15) is 26.2 Å². The van der Waals surface area contributed by atoms with E-state index < -0.39 is 0 Å². The number of fused-ring (bicyclic) bond motifs is 1. The molecule has 0 aliphatic carbocycles. The van der Waals surface area contributed by atoms with Crippen LogP contribution in [0.15, 0.2) is 16.6 Å². The Labute approximate surface area is 143 Å². The summed E-state index contributed by atoms with van der Waals surface area (Å²) in [4.78, 5) is 16.2. The predicted molar refractivity (Wildman–Crippen MR) is 93.2 cm³/mol. The molecule has 108 valence electrons. The van der Waals surface area contributed by atoms with Crippen LogP contribution in [-0.4, -0.2) is 15.7 Å². The van der Waals surface area contributed by atoms with E-state index in [0.717, 1.165) is 34.0 Å². The Morgan fingerprint density at radius 2 is 2.30 bits per heavy atom. The first-order chi connectivity index (χ1) is 9.51. The third kappa shape index (κ3) is 3.93. The smallest absolute Gasteiger partial charge is 0.239 e. The second-order valence-electron chi connectivity index (χ2n) is 4.35. The summed E-state index contributed by atoms with van der Waals surface area (Å²) in [6.45, 7) is 2.10. The third-order valence-electron chi connectivity index (χ3n) is 2.74. The van der Waals surface area contributed by atoms with Crippen LogP contribution in [0.5, 0.6) is 0 Å². The zero-order valence-corrected chi connectivity index (χ0v) is 15.5. The summed E-state index contributed by atoms with van der Waals surface area (Å²) in [7, 11) is 0. The monoisotopic (exact) mass is 438 g/mol. The van der Waals surface area contributed by atoms with Crippen molar-refractivity contribution in [3.8, 4) is 0 Å². The number of nitrogens with one attached hydrogen (secondary N) is 1. The van der Waals surface area contributed by atoms with Gasteiger partial charge in [-0.05, 0) is 18.6 Å². The fraction of sp³-hybridized carbons (Fsp3) is 0.385. The van der Waals surface area contributed by atoms with Crippen molar-refractivity contribution in [2.75, 3.05) is 5.32 Å². The number of hydrogen-bond donors (Lipinski definition) is 1. The first kappa shape index (κ1) is 16.2. The molecule has 2 aromatic rings. The average Bonchev–Trinajstić information content (AvgIpc) is 2.78. The summed E-state index contributed by atoms with van der Waals surface area (Å²) in [5.74, 6) is -0.0623. The molecule has 0 saturated heterocycles. The summed E-state index contributed by atoms with van der Waals surface area (Å²) in [6.07, 6.45) is 2.90. The van der Waals surface area contributed by atoms with E-state index >= 15 is 0 Å². The highest BCUT2D eigenvalue weighted by Crippen LogP contribution is 2.34. The second kappa shape index (κ2) is 7.20. The van der Waals surface area contributed by atoms with Crippen LogP contribution in [0.25, 0.3) is 10.2 Å². The number of alkyl halides is 1. The molecule has 0 aliphatic rings. The molecule has 1 N–H and O–H groups in total. The van der Waals surface area contributed by atoms with Crippen molar-refractivity contribution in [2.45, 2.75) is 31.0 Å². The Morgan fingerprint density at radius 1 is 1.55 bits per heavy atom. The molecule has 0 radical (unpaired) electrons. The van der Waals surface area contributed by atoms with E-state index in [4.69, 9.17) is 11.6 Å². The number of thiazole rings is 1. The Kier molecular flexibility index (Phi) is 5.84. The first-order valence-electron chi connectivity index (χ1n) is 6.21. The van der Waals surface area contributed by atoms with Gasteiger partial charge in [0.1, 0.15) is 5.52 Å². The maximum absolute atomic E-state index is 12.0. The normalized spacial score (nSPS) is 12.6. The van der Waals surface area contributed by atoms with Crippen molar-refractivity contribution < 1.29 is 4.79 Å². The third-order valence-corrected chi connectivity index (χ3v) is 5.28. The van der Waals surface area contributed by atoms with Crippen molar-refractivity contribution >= 4 is 76.1 Å². The van der Waals surface area contributed by atoms with E-state index in [9.17, 15) is 4.79 Å². The van der Waals surface area contributed by atoms with Gasteiger partial charge in [-0.15, -0.1) is 0 Å². The van der Waals surface area contributed by atoms with Crippen molar-refractivity contribution in [3.63, 3.8) is 0 Å². The number of hydrogen-bond acceptors (Lipinski definition) is 3. The Balaban J connectivity index is 2.14. The maximum Gasteiger partial charge on any atom is 0.239 e. The number of amides is 1. The van der Waals surface area contributed by atoms with Gasteiger partial charge in [-0.2, -0.15) is 0 Å². The number of aromatic nitrogens is 1. The Hall–Kier alpha value is -0.170. The quantitative estimate of drug-likeness (QED) is 0.615. The molecule has 0 saturated carbocycles. The zero-order chi connectivity index (χ0) is 14.7. The molecule has 1 atom stereocenters. The number of anilines is 1. The number of nitrogens with zero attached hydrogens (tertiary/aromatic N) is 1. The number of benzene rings is 1. The van der Waals surface area contributed by atoms with Crippen LogP contribution in [0.4, 0.5) is 5.13 Å². The number of carbonyl (C=O) groups is 1. The van der Waals surface area contributed by atoms with Crippen molar-refractivity contribution in [1.29, 1.82) is 0 Å². The predicted octanol–water partition coefficient (Wildman–Crippen LogP) is 5.60. The maximum atomic E-state index is 12.0. The van der Waals surface area contributed by atoms with E-state index in [-0.39, 0.29) is 10.7 Å². The summed E-state index contributed by atoms with van der Waals surface area (Å²) in [5, 5.41) is 3.99. The minimum absolute atomic E-state index is 0.0623. The number of unbranched alkanes of at least 4 members (excludes halogenated alkanes) is 1. The lowest BCUT2D eigenvalue weighted by molar-refractivity contribution is -0.115. The lowest BCUT2D eigenvalue weighted by Gasteiger charge is -2.07. The van der Waals surface area contributed by atoms with Gasteiger partial charge in [0.05, 0.1) is 14.5 Å². The molecule has 20 heavy (non-hydrogen) atoms. The fourth-order valence-corrected chi connectivity index (χ4v) is 4.14. The largest absolute Gasteiger partial charge is 0.301 e. The summed E-state index contributed by atoms with van der Waals surface area (Å²) in [5.41, 5.74) is 0.717. The summed E-state index contributed by atoms with van der Waals surface area (Å²) >= 11 is 14.3. The van der Waals surface area contributed by atoms with Crippen LogP contribution >= 0.6 is 54.8 Å². The van der Waals surface area contributed by atoms with Crippen molar-refractivity contribution in [2.24, 2.45) is 0 Å². The van der Waals surface area contributed by atoms with Gasteiger partial charge in [0.15, 0.2) is 5.13 Å². The van der Waals surface area contributed by atoms with Crippen LogP contribution in [0.2, 0.25) is 5.02 Å². The van der Waals surface area contributed by atoms with Crippen molar-refractivity contribution in [3.05, 3.63) is 21.6 Å². The lowest BCUT2D eigenvalue weighted by atomic mass is 10.2. The standard InChI is InChI=1S/C13H13Br2ClN2OS/c1-2-3-4-8(15)12(19)18-13-17-11-9(16)5-7(14)6-10(11)20-13/h5-6,8H,2-4H2,1H3,(H,17,18,19). The molecule has 0 fully saturated rings. The highest BCUT2D eigenvalue weighted by molar-refractivity contribution is 9.10. The second-order valence-corrected chi connectivity index (χ2v) is 7.81. The molecule has 1 unspecified atom stereocenters. The summed E-state index contributed by atoms with van der Waals surface area (Å²) < 4.78 is 1.84. The van der Waals surface area contributed by atoms with Gasteiger partial charge in [0.25, 0.3) is 0 Å². The fourth-order valence-electron chi connectivity index (χ4n) is 1.71. The van der Waals surface area contributed by atoms with Gasteiger partial charge < -0.3 is 5.32 Å². The first-order valence-corrected chi connectivity index (χ1v) is 9.12. The minimum Gasteiger partial charge on any atom is -0.301 e. The Bertz CT molecular complexity index is 632. The summed E-state index contributed by atoms with van der Waals surface area (Å²) in [6, 6.07) is 3.74. The molecule has 0 aliphatic heterocycles. The molecule has 1 heterocycles. The SMILES string of the molecule is CCCCC(Br)C(=O)Nc1nc2c(Cl)cc(Br)cc2s1. The molecule has 1 amide bonds. The minimum atomic E-state index is -0.184. The molecule has 1 aromatic heterocycles. The topological polar surface area (TPSA) is 42.0 Å². The van der Waals surface area contributed by atoms with Gasteiger partial charge >= 0.3 is 0 Å². The van der Waals surface area contributed by atoms with Crippen LogP contribution in [-0.2, 0) is 4.79 Å². The number of rotatable bonds is 5. The van der Waals surface area contributed by atoms with E-state index in [1.54, 1.807) is 6.07 Å². The lowest BCUT2D eigenvalue weighted by Crippen LogP contribution is -2.22. The van der Waals surface area contributed by atoms with E-state index in [1.807, 2.05) is 6.07 Å². The van der Waals surface area contributed by atoms with Crippen LogP contribution in [0.3, 0.4) is 0 Å². The number of carbonyl (C=O) groups excluding carboxylic acids is 1. The Morgan fingerprint density at radius 3 is 3.00 bits per heavy atom. The van der Waals surface area contributed by atoms with Gasteiger partial charge in [-0.3, -0.25) is 4.79 Å². The van der Waals surface area contributed by atoms with Gasteiger partial charge in [-0.1, -0.05) is 74.6 Å². The molecule has 2 rings (SSSR count). The van der Waals surface area contributed by atoms with Crippen LogP contribution < -0.4 is 5.32 Å². The van der Waals surface area contributed by atoms with E-state index in [2.05, 4.69) is 49.1 Å². The molecular weight excluding hydrogens is 427 g/mol. The van der Waals surface area contributed by atoms with Gasteiger partial charge in [-0.25, -0.2) is 4.98 Å². The van der Waals surface area contributed by atoms with Gasteiger partial charge in [0, 0.05) is 4.47 Å². The van der Waals surface area contributed by atoms with Gasteiger partial charge in [0.2, 0.25) is 5.91 Å². The molecule has 1 aromatic carbocycles. The van der Waals surface area contributed by atoms with E-state index in [0.29, 0.717) is 10.2 Å². The highest BCUT2D eigenvalue weighted by Gasteiger charge is 2.16. The van der Waals surface area contributed by atoms with Crippen molar-refractivity contribution in [1.82, 2.24) is 4.98 Å². The molecule has 3 nitrogen and oxygen atoms in total. The molecule has 0 spiro atoms. The van der Waals surface area contributed by atoms with Crippen LogP contribution in [0, 0.1) is 0 Å². The average molecular weight is 441 g/mol. The molecule has 0 bridgehead atoms. The van der Waals surface area contributed by atoms with E-state index in [1.165, 1.54) is 11.3 Å². The molecule has 7 heteroatoms. The molecular formula is C13H13Br2ClN2OS.